The summed E-state index contributed by atoms with van der Waals surface area (Å²) in [6.45, 7) is 17.3. The maximum atomic E-state index is 11.9. The average molecular weight is 552 g/mol. The normalized spacial score (nSPS) is 16.9. The molecular weight excluding hydrogens is 510 g/mol. The van der Waals surface area contributed by atoms with Crippen molar-refractivity contribution in [1.29, 1.82) is 0 Å². The summed E-state index contributed by atoms with van der Waals surface area (Å²) in [5, 5.41) is 11.8. The maximum absolute atomic E-state index is 11.9. The number of aromatic amines is 1. The van der Waals surface area contributed by atoms with E-state index in [4.69, 9.17) is 4.98 Å². The van der Waals surface area contributed by atoms with Crippen molar-refractivity contribution >= 4 is 32.3 Å². The van der Waals surface area contributed by atoms with Crippen molar-refractivity contribution in [1.82, 2.24) is 29.9 Å². The van der Waals surface area contributed by atoms with E-state index in [-0.39, 0.29) is 34.5 Å². The topological polar surface area (TPSA) is 117 Å². The number of hydrogen-bond donors (Lipinski definition) is 3. The average Bonchev–Trinajstić information content (AvgIpc) is 3.46. The lowest BCUT2D eigenvalue weighted by Crippen LogP contribution is -2.63. The molecule has 39 heavy (non-hydrogen) atoms. The van der Waals surface area contributed by atoms with Crippen molar-refractivity contribution in [3.05, 3.63) is 41.3 Å². The van der Waals surface area contributed by atoms with E-state index in [1.165, 1.54) is 11.1 Å². The van der Waals surface area contributed by atoms with E-state index in [9.17, 15) is 8.42 Å². The van der Waals surface area contributed by atoms with Gasteiger partial charge in [-0.2, -0.15) is 5.10 Å². The van der Waals surface area contributed by atoms with Crippen LogP contribution >= 0.6 is 0 Å². The van der Waals surface area contributed by atoms with Crippen molar-refractivity contribution in [2.45, 2.75) is 91.3 Å². The molecule has 0 aromatic carbocycles. The molecule has 0 unspecified atom stereocenters. The van der Waals surface area contributed by atoms with Crippen LogP contribution in [0.2, 0.25) is 0 Å². The van der Waals surface area contributed by atoms with Crippen LogP contribution < -0.4 is 10.6 Å². The maximum Gasteiger partial charge on any atom is 0.158 e. The standard InChI is InChI=1S/C29H41N7O2S/c1-17(2)24-25(21-15-36-27(30-16-31-36)19(4)18(21)3)32-22-9-10-23(33-26(22)24)35-29(7,8)28(5,6)34-20-11-13-39(37,38)14-12-20/h9-10,15-17,20,32,34H,11-14H2,1-8H3,(H,33,35). The number of nitrogens with zero attached hydrogens (tertiary/aromatic N) is 4. The summed E-state index contributed by atoms with van der Waals surface area (Å²) in [4.78, 5) is 13.2. The van der Waals surface area contributed by atoms with Crippen molar-refractivity contribution in [2.24, 2.45) is 0 Å². The molecule has 3 N–H and O–H groups in total. The molecule has 0 atom stereocenters. The highest BCUT2D eigenvalue weighted by molar-refractivity contribution is 7.91. The lowest BCUT2D eigenvalue weighted by atomic mass is 9.81. The van der Waals surface area contributed by atoms with Gasteiger partial charge in [-0.15, -0.1) is 0 Å². The molecule has 0 bridgehead atoms. The van der Waals surface area contributed by atoms with E-state index in [0.717, 1.165) is 39.3 Å². The highest BCUT2D eigenvalue weighted by Gasteiger charge is 2.40. The Balaban J connectivity index is 1.48. The second kappa shape index (κ2) is 9.59. The minimum Gasteiger partial charge on any atom is -0.363 e. The summed E-state index contributed by atoms with van der Waals surface area (Å²) in [6, 6.07) is 4.30. The molecular formula is C29H41N7O2S. The first-order valence-electron chi connectivity index (χ1n) is 13.8. The SMILES string of the molecule is Cc1c(-c2[nH]c3ccc(NC(C)(C)C(C)(C)NC4CCS(=O)(=O)CC4)nc3c2C(C)C)cn2ncnc2c1C. The highest BCUT2D eigenvalue weighted by Crippen LogP contribution is 2.38. The number of aryl methyl sites for hydroxylation is 1. The van der Waals surface area contributed by atoms with Gasteiger partial charge in [-0.25, -0.2) is 22.9 Å². The molecule has 1 saturated heterocycles. The number of rotatable bonds is 7. The van der Waals surface area contributed by atoms with Gasteiger partial charge in [0.05, 0.1) is 33.8 Å². The van der Waals surface area contributed by atoms with Gasteiger partial charge >= 0.3 is 0 Å². The number of nitrogens with one attached hydrogen (secondary N) is 3. The fourth-order valence-corrected chi connectivity index (χ4v) is 7.08. The van der Waals surface area contributed by atoms with Gasteiger partial charge in [0.25, 0.3) is 0 Å². The zero-order valence-corrected chi connectivity index (χ0v) is 25.1. The second-order valence-corrected chi connectivity index (χ2v) is 14.7. The van der Waals surface area contributed by atoms with Gasteiger partial charge < -0.3 is 15.6 Å². The Morgan fingerprint density at radius 2 is 1.74 bits per heavy atom. The molecule has 5 rings (SSSR count). The second-order valence-electron chi connectivity index (χ2n) is 12.4. The summed E-state index contributed by atoms with van der Waals surface area (Å²) < 4.78 is 25.6. The molecule has 0 amide bonds. The van der Waals surface area contributed by atoms with Gasteiger partial charge in [-0.3, -0.25) is 0 Å². The Bertz CT molecular complexity index is 1630. The van der Waals surface area contributed by atoms with Crippen LogP contribution in [0.15, 0.2) is 24.7 Å². The zero-order valence-electron chi connectivity index (χ0n) is 24.3. The monoisotopic (exact) mass is 551 g/mol. The minimum absolute atomic E-state index is 0.175. The molecule has 1 aliphatic heterocycles. The molecule has 4 aromatic rings. The number of fused-ring (bicyclic) bond motifs is 2. The fourth-order valence-electron chi connectivity index (χ4n) is 5.59. The van der Waals surface area contributed by atoms with Gasteiger partial charge in [0.15, 0.2) is 5.65 Å². The van der Waals surface area contributed by atoms with Crippen molar-refractivity contribution in [2.75, 3.05) is 16.8 Å². The van der Waals surface area contributed by atoms with Crippen LogP contribution in [0.5, 0.6) is 0 Å². The summed E-state index contributed by atoms with van der Waals surface area (Å²) >= 11 is 0. The van der Waals surface area contributed by atoms with Crippen LogP contribution in [0.3, 0.4) is 0 Å². The van der Waals surface area contributed by atoms with Gasteiger partial charge in [-0.1, -0.05) is 13.8 Å². The Labute approximate surface area is 231 Å². The largest absolute Gasteiger partial charge is 0.363 e. The van der Waals surface area contributed by atoms with Crippen molar-refractivity contribution in [3.8, 4) is 11.3 Å². The molecule has 1 fully saturated rings. The Hall–Kier alpha value is -2.98. The van der Waals surface area contributed by atoms with Crippen LogP contribution in [0, 0.1) is 13.8 Å². The molecule has 210 valence electrons. The number of sulfone groups is 1. The fraction of sp³-hybridized carbons (Fsp3) is 0.552. The number of pyridine rings is 2. The van der Waals surface area contributed by atoms with Crippen LogP contribution in [-0.4, -0.2) is 61.6 Å². The van der Waals surface area contributed by atoms with Gasteiger partial charge in [0.2, 0.25) is 0 Å². The van der Waals surface area contributed by atoms with E-state index in [1.807, 2.05) is 16.8 Å². The lowest BCUT2D eigenvalue weighted by molar-refractivity contribution is 0.227. The predicted molar refractivity (Wildman–Crippen MR) is 158 cm³/mol. The highest BCUT2D eigenvalue weighted by atomic mass is 32.2. The quantitative estimate of drug-likeness (QED) is 0.291. The molecule has 5 heterocycles. The summed E-state index contributed by atoms with van der Waals surface area (Å²) in [5.41, 5.74) is 7.76. The first-order valence-corrected chi connectivity index (χ1v) is 15.6. The Kier molecular flexibility index (Phi) is 6.78. The summed E-state index contributed by atoms with van der Waals surface area (Å²) in [5.74, 6) is 1.56. The Morgan fingerprint density at radius 3 is 2.41 bits per heavy atom. The molecule has 9 nitrogen and oxygen atoms in total. The molecule has 0 aliphatic carbocycles. The van der Waals surface area contributed by atoms with E-state index in [0.29, 0.717) is 12.8 Å². The van der Waals surface area contributed by atoms with Crippen LogP contribution in [-0.2, 0) is 9.84 Å². The van der Waals surface area contributed by atoms with E-state index >= 15 is 0 Å². The third kappa shape index (κ3) is 5.04. The van der Waals surface area contributed by atoms with E-state index in [2.05, 4.69) is 87.2 Å². The zero-order chi connectivity index (χ0) is 28.3. The van der Waals surface area contributed by atoms with E-state index < -0.39 is 9.84 Å². The predicted octanol–water partition coefficient (Wildman–Crippen LogP) is 5.15. The molecule has 0 saturated carbocycles. The van der Waals surface area contributed by atoms with Crippen LogP contribution in [0.1, 0.15) is 77.0 Å². The lowest BCUT2D eigenvalue weighted by Gasteiger charge is -2.46. The Morgan fingerprint density at radius 1 is 1.05 bits per heavy atom. The van der Waals surface area contributed by atoms with Crippen LogP contribution in [0.25, 0.3) is 27.9 Å². The van der Waals surface area contributed by atoms with Gasteiger partial charge in [0.1, 0.15) is 22.0 Å². The first-order chi connectivity index (χ1) is 18.2. The van der Waals surface area contributed by atoms with E-state index in [1.54, 1.807) is 6.33 Å². The molecule has 4 aromatic heterocycles. The third-order valence-corrected chi connectivity index (χ3v) is 10.5. The van der Waals surface area contributed by atoms with Crippen molar-refractivity contribution < 1.29 is 8.42 Å². The molecule has 0 radical (unpaired) electrons. The number of anilines is 1. The summed E-state index contributed by atoms with van der Waals surface area (Å²) in [6.07, 6.45) is 4.94. The number of hydrogen-bond acceptors (Lipinski definition) is 7. The van der Waals surface area contributed by atoms with Crippen LogP contribution in [0.4, 0.5) is 5.82 Å². The van der Waals surface area contributed by atoms with Crippen molar-refractivity contribution in [3.63, 3.8) is 0 Å². The number of H-pyrrole nitrogens is 1. The summed E-state index contributed by atoms with van der Waals surface area (Å²) in [7, 11) is -2.90. The van der Waals surface area contributed by atoms with Gasteiger partial charge in [-0.05, 0) is 83.6 Å². The number of aromatic nitrogens is 5. The first kappa shape index (κ1) is 27.6. The smallest absolute Gasteiger partial charge is 0.158 e. The molecule has 0 spiro atoms. The molecule has 10 heteroatoms. The minimum atomic E-state index is -2.90. The molecule has 1 aliphatic rings. The third-order valence-electron chi connectivity index (χ3n) is 8.78. The van der Waals surface area contributed by atoms with Gasteiger partial charge in [0, 0.05) is 28.9 Å².